The number of likely N-dealkylation sites (tertiary alicyclic amines) is 1. The van der Waals surface area contributed by atoms with Crippen LogP contribution < -0.4 is 5.32 Å². The maximum Gasteiger partial charge on any atom is 0.224 e. The van der Waals surface area contributed by atoms with E-state index in [4.69, 9.17) is 0 Å². The van der Waals surface area contributed by atoms with Gasteiger partial charge in [0.2, 0.25) is 5.91 Å². The molecule has 2 rings (SSSR count). The van der Waals surface area contributed by atoms with Crippen LogP contribution in [0.25, 0.3) is 0 Å². The predicted molar refractivity (Wildman–Crippen MR) is 75.9 cm³/mol. The molecule has 1 heterocycles. The van der Waals surface area contributed by atoms with Crippen LogP contribution in [-0.2, 0) is 4.79 Å². The molecule has 1 saturated carbocycles. The van der Waals surface area contributed by atoms with Crippen molar-refractivity contribution in [3.63, 3.8) is 0 Å². The molecule has 2 aliphatic rings. The van der Waals surface area contributed by atoms with Crippen molar-refractivity contribution >= 4 is 5.91 Å². The highest BCUT2D eigenvalue weighted by molar-refractivity contribution is 5.77. The summed E-state index contributed by atoms with van der Waals surface area (Å²) in [6.45, 7) is 1.82. The molecule has 0 bridgehead atoms. The highest BCUT2D eigenvalue weighted by atomic mass is 16.3. The Bertz CT molecular complexity index is 301. The minimum absolute atomic E-state index is 0.0293. The monoisotopic (exact) mass is 268 g/mol. The number of rotatable bonds is 4. The summed E-state index contributed by atoms with van der Waals surface area (Å²) >= 11 is 0. The van der Waals surface area contributed by atoms with Crippen molar-refractivity contribution in [2.24, 2.45) is 5.92 Å². The van der Waals surface area contributed by atoms with Crippen molar-refractivity contribution in [2.45, 2.75) is 56.9 Å². The fourth-order valence-electron chi connectivity index (χ4n) is 3.59. The van der Waals surface area contributed by atoms with E-state index >= 15 is 0 Å². The zero-order valence-corrected chi connectivity index (χ0v) is 12.2. The second-order valence-electron chi connectivity index (χ2n) is 6.30. The lowest BCUT2D eigenvalue weighted by molar-refractivity contribution is -0.135. The molecule has 1 saturated heterocycles. The van der Waals surface area contributed by atoms with Gasteiger partial charge < -0.3 is 15.3 Å². The molecule has 0 aromatic heterocycles. The molecular weight excluding hydrogens is 240 g/mol. The van der Waals surface area contributed by atoms with Crippen LogP contribution in [0.2, 0.25) is 0 Å². The summed E-state index contributed by atoms with van der Waals surface area (Å²) in [6, 6.07) is 0. The summed E-state index contributed by atoms with van der Waals surface area (Å²) < 4.78 is 0. The molecule has 0 aromatic carbocycles. The van der Waals surface area contributed by atoms with E-state index in [0.717, 1.165) is 38.8 Å². The first-order valence-corrected chi connectivity index (χ1v) is 7.77. The molecule has 110 valence electrons. The average Bonchev–Trinajstić information content (AvgIpc) is 2.48. The Morgan fingerprint density at radius 1 is 1.32 bits per heavy atom. The van der Waals surface area contributed by atoms with Crippen molar-refractivity contribution in [1.29, 1.82) is 0 Å². The van der Waals surface area contributed by atoms with Crippen molar-refractivity contribution in [3.8, 4) is 0 Å². The summed E-state index contributed by atoms with van der Waals surface area (Å²) in [5.41, 5.74) is 0.0293. The third-order valence-electron chi connectivity index (χ3n) is 4.96. The number of carbonyl (C=O) groups excluding carboxylic acids is 1. The fourth-order valence-corrected chi connectivity index (χ4v) is 3.59. The van der Waals surface area contributed by atoms with Crippen molar-refractivity contribution in [1.82, 2.24) is 10.2 Å². The number of nitrogens with zero attached hydrogens (tertiary/aromatic N) is 1. The normalized spacial score (nSPS) is 27.3. The molecule has 1 aliphatic carbocycles. The van der Waals surface area contributed by atoms with Crippen LogP contribution in [0.4, 0.5) is 0 Å². The molecule has 0 spiro atoms. The lowest BCUT2D eigenvalue weighted by Gasteiger charge is -2.39. The summed E-state index contributed by atoms with van der Waals surface area (Å²) in [6.07, 6.45) is 8.70. The van der Waals surface area contributed by atoms with E-state index in [9.17, 15) is 9.90 Å². The number of piperidine rings is 1. The van der Waals surface area contributed by atoms with Gasteiger partial charge in [-0.15, -0.1) is 0 Å². The van der Waals surface area contributed by atoms with E-state index in [1.54, 1.807) is 0 Å². The second kappa shape index (κ2) is 6.71. The molecule has 1 atom stereocenters. The third kappa shape index (κ3) is 3.69. The van der Waals surface area contributed by atoms with Crippen molar-refractivity contribution in [3.05, 3.63) is 0 Å². The molecule has 2 N–H and O–H groups in total. The van der Waals surface area contributed by atoms with Gasteiger partial charge in [0.05, 0.1) is 0 Å². The number of carbonyl (C=O) groups is 1. The smallest absolute Gasteiger partial charge is 0.224 e. The number of nitrogens with one attached hydrogen (secondary N) is 1. The summed E-state index contributed by atoms with van der Waals surface area (Å²) in [5, 5.41) is 12.7. The molecule has 1 unspecified atom stereocenters. The Kier molecular flexibility index (Phi) is 5.22. The number of aliphatic hydroxyl groups excluding tert-OH is 1. The van der Waals surface area contributed by atoms with E-state index in [1.165, 1.54) is 19.3 Å². The van der Waals surface area contributed by atoms with Gasteiger partial charge in [0.15, 0.2) is 0 Å². The van der Waals surface area contributed by atoms with Gasteiger partial charge in [-0.1, -0.05) is 19.3 Å². The zero-order valence-electron chi connectivity index (χ0n) is 12.2. The van der Waals surface area contributed by atoms with Crippen molar-refractivity contribution in [2.75, 3.05) is 26.7 Å². The lowest BCUT2D eigenvalue weighted by Crippen LogP contribution is -2.50. The van der Waals surface area contributed by atoms with Gasteiger partial charge in [0.25, 0.3) is 0 Å². The van der Waals surface area contributed by atoms with Crippen LogP contribution in [0.1, 0.15) is 51.4 Å². The van der Waals surface area contributed by atoms with E-state index in [0.29, 0.717) is 6.42 Å². The van der Waals surface area contributed by atoms with Crippen LogP contribution in [0.5, 0.6) is 0 Å². The van der Waals surface area contributed by atoms with Crippen LogP contribution in [0.3, 0.4) is 0 Å². The van der Waals surface area contributed by atoms with Crippen LogP contribution in [-0.4, -0.2) is 48.2 Å². The van der Waals surface area contributed by atoms with Gasteiger partial charge in [-0.25, -0.2) is 0 Å². The molecule has 19 heavy (non-hydrogen) atoms. The van der Waals surface area contributed by atoms with Crippen LogP contribution >= 0.6 is 0 Å². The number of aliphatic hydroxyl groups is 1. The van der Waals surface area contributed by atoms with Gasteiger partial charge in [-0.3, -0.25) is 4.79 Å². The molecule has 1 amide bonds. The number of hydrogen-bond donors (Lipinski definition) is 2. The molecule has 2 fully saturated rings. The maximum absolute atomic E-state index is 12.5. The summed E-state index contributed by atoms with van der Waals surface area (Å²) in [5.74, 6) is 0.559. The predicted octanol–water partition coefficient (Wildman–Crippen LogP) is 1.53. The zero-order chi connectivity index (χ0) is 13.7. The van der Waals surface area contributed by atoms with E-state index in [1.807, 2.05) is 11.9 Å². The molecule has 0 radical (unpaired) electrons. The van der Waals surface area contributed by atoms with E-state index < -0.39 is 0 Å². The Balaban J connectivity index is 1.91. The first kappa shape index (κ1) is 14.8. The van der Waals surface area contributed by atoms with E-state index in [2.05, 4.69) is 5.32 Å². The number of amides is 1. The van der Waals surface area contributed by atoms with Crippen LogP contribution in [0.15, 0.2) is 0 Å². The SMILES string of the molecule is CNC1(CC(=O)N2CCCC(CO)C2)CCCCC1. The molecular formula is C15H28N2O2. The first-order chi connectivity index (χ1) is 9.19. The Labute approximate surface area is 116 Å². The second-order valence-corrected chi connectivity index (χ2v) is 6.30. The van der Waals surface area contributed by atoms with Crippen molar-refractivity contribution < 1.29 is 9.90 Å². The van der Waals surface area contributed by atoms with Gasteiger partial charge in [-0.2, -0.15) is 0 Å². The van der Waals surface area contributed by atoms with Gasteiger partial charge in [0.1, 0.15) is 0 Å². The molecule has 4 heteroatoms. The fraction of sp³-hybridized carbons (Fsp3) is 0.933. The average molecular weight is 268 g/mol. The van der Waals surface area contributed by atoms with E-state index in [-0.39, 0.29) is 24.0 Å². The Morgan fingerprint density at radius 3 is 2.68 bits per heavy atom. The molecule has 0 aromatic rings. The largest absolute Gasteiger partial charge is 0.396 e. The van der Waals surface area contributed by atoms with Gasteiger partial charge in [-0.05, 0) is 38.6 Å². The summed E-state index contributed by atoms with van der Waals surface area (Å²) in [4.78, 5) is 14.5. The topological polar surface area (TPSA) is 52.6 Å². The Hall–Kier alpha value is -0.610. The highest BCUT2D eigenvalue weighted by Crippen LogP contribution is 2.31. The van der Waals surface area contributed by atoms with Crippen LogP contribution in [0, 0.1) is 5.92 Å². The minimum atomic E-state index is 0.0293. The third-order valence-corrected chi connectivity index (χ3v) is 4.96. The Morgan fingerprint density at radius 2 is 2.05 bits per heavy atom. The molecule has 1 aliphatic heterocycles. The lowest BCUT2D eigenvalue weighted by atomic mass is 9.79. The molecule has 4 nitrogen and oxygen atoms in total. The first-order valence-electron chi connectivity index (χ1n) is 7.77. The minimum Gasteiger partial charge on any atom is -0.396 e. The number of hydrogen-bond acceptors (Lipinski definition) is 3. The van der Waals surface area contributed by atoms with Gasteiger partial charge in [0, 0.05) is 31.7 Å². The highest BCUT2D eigenvalue weighted by Gasteiger charge is 2.35. The van der Waals surface area contributed by atoms with Gasteiger partial charge >= 0.3 is 0 Å². The summed E-state index contributed by atoms with van der Waals surface area (Å²) in [7, 11) is 1.99. The quantitative estimate of drug-likeness (QED) is 0.813. The maximum atomic E-state index is 12.5. The standard InChI is InChI=1S/C15H28N2O2/c1-16-15(7-3-2-4-8-15)10-14(19)17-9-5-6-13(11-17)12-18/h13,16,18H,2-12H2,1H3.